The highest BCUT2D eigenvalue weighted by atomic mass is 79.9. The van der Waals surface area contributed by atoms with Crippen LogP contribution < -0.4 is 0 Å². The first kappa shape index (κ1) is 12.9. The third kappa shape index (κ3) is 2.64. The highest BCUT2D eigenvalue weighted by Crippen LogP contribution is 2.17. The van der Waals surface area contributed by atoms with Gasteiger partial charge in [0.1, 0.15) is 11.5 Å². The molecule has 0 saturated carbocycles. The number of ketones is 1. The lowest BCUT2D eigenvalue weighted by Crippen LogP contribution is -2.11. The van der Waals surface area contributed by atoms with Gasteiger partial charge < -0.3 is 0 Å². The van der Waals surface area contributed by atoms with Crippen LogP contribution in [0, 0.1) is 5.82 Å². The van der Waals surface area contributed by atoms with Gasteiger partial charge in [-0.1, -0.05) is 28.1 Å². The minimum absolute atomic E-state index is 0.279. The fourth-order valence-corrected chi connectivity index (χ4v) is 2.11. The number of hydrogen-bond donors (Lipinski definition) is 0. The third-order valence-corrected chi connectivity index (χ3v) is 2.87. The summed E-state index contributed by atoms with van der Waals surface area (Å²) in [4.78, 5) is 12.2. The molecule has 1 aromatic heterocycles. The molecule has 6 heteroatoms. The topological polar surface area (TPSA) is 47.8 Å². The van der Waals surface area contributed by atoms with Gasteiger partial charge in [-0.25, -0.2) is 9.07 Å². The van der Waals surface area contributed by atoms with Crippen LogP contribution in [-0.4, -0.2) is 20.8 Å². The van der Waals surface area contributed by atoms with Gasteiger partial charge in [0.2, 0.25) is 5.78 Å². The van der Waals surface area contributed by atoms with Crippen LogP contribution in [0.5, 0.6) is 0 Å². The Labute approximate surface area is 112 Å². The van der Waals surface area contributed by atoms with Crippen molar-refractivity contribution in [2.24, 2.45) is 0 Å². The summed E-state index contributed by atoms with van der Waals surface area (Å²) in [6.45, 7) is 2.59. The number of aromatic nitrogens is 3. The van der Waals surface area contributed by atoms with Crippen molar-refractivity contribution >= 4 is 21.7 Å². The predicted octanol–water partition coefficient (Wildman–Crippen LogP) is 2.82. The van der Waals surface area contributed by atoms with Crippen LogP contribution in [0.3, 0.4) is 0 Å². The predicted molar refractivity (Wildman–Crippen MR) is 67.8 cm³/mol. The molecule has 0 saturated heterocycles. The molecule has 0 bridgehead atoms. The van der Waals surface area contributed by atoms with Crippen molar-refractivity contribution in [2.75, 3.05) is 0 Å². The number of halogens is 2. The lowest BCUT2D eigenvalue weighted by molar-refractivity contribution is 0.102. The van der Waals surface area contributed by atoms with Gasteiger partial charge in [0.25, 0.3) is 0 Å². The Morgan fingerprint density at radius 1 is 1.44 bits per heavy atom. The van der Waals surface area contributed by atoms with E-state index in [9.17, 15) is 9.18 Å². The lowest BCUT2D eigenvalue weighted by Gasteiger charge is -2.04. The van der Waals surface area contributed by atoms with Crippen molar-refractivity contribution in [3.63, 3.8) is 0 Å². The van der Waals surface area contributed by atoms with Crippen LogP contribution in [0.1, 0.15) is 29.4 Å². The molecule has 0 aliphatic carbocycles. The summed E-state index contributed by atoms with van der Waals surface area (Å²) in [7, 11) is 0. The van der Waals surface area contributed by atoms with Gasteiger partial charge in [-0.05, 0) is 24.6 Å². The molecule has 0 N–H and O–H groups in total. The highest BCUT2D eigenvalue weighted by Gasteiger charge is 2.16. The maximum Gasteiger partial charge on any atom is 0.212 e. The summed E-state index contributed by atoms with van der Waals surface area (Å²) in [5.41, 5.74) is 0.649. The quantitative estimate of drug-likeness (QED) is 0.816. The number of benzene rings is 1. The van der Waals surface area contributed by atoms with Crippen molar-refractivity contribution < 1.29 is 9.18 Å². The van der Waals surface area contributed by atoms with Crippen molar-refractivity contribution in [3.8, 4) is 0 Å². The van der Waals surface area contributed by atoms with Crippen LogP contribution >= 0.6 is 15.9 Å². The first-order chi connectivity index (χ1) is 8.61. The van der Waals surface area contributed by atoms with E-state index >= 15 is 0 Å². The standard InChI is InChI=1S/C12H11BrFN3O/c1-2-3-17-11(7-15-16-17)12(18)8-4-9(13)6-10(14)5-8/h4-7H,2-3H2,1H3. The molecule has 4 nitrogen and oxygen atoms in total. The fraction of sp³-hybridized carbons (Fsp3) is 0.250. The number of carbonyl (C=O) groups excluding carboxylic acids is 1. The molecule has 94 valence electrons. The van der Waals surface area contributed by atoms with Crippen LogP contribution in [0.25, 0.3) is 0 Å². The molecule has 0 aliphatic heterocycles. The second kappa shape index (κ2) is 5.39. The highest BCUT2D eigenvalue weighted by molar-refractivity contribution is 9.10. The van der Waals surface area contributed by atoms with Crippen LogP contribution in [0.4, 0.5) is 4.39 Å². The zero-order chi connectivity index (χ0) is 13.1. The summed E-state index contributed by atoms with van der Waals surface area (Å²) in [6.07, 6.45) is 2.24. The van der Waals surface area contributed by atoms with Crippen molar-refractivity contribution in [2.45, 2.75) is 19.9 Å². The molecule has 0 atom stereocenters. The number of nitrogens with zero attached hydrogens (tertiary/aromatic N) is 3. The number of hydrogen-bond acceptors (Lipinski definition) is 3. The molecule has 0 radical (unpaired) electrons. The number of rotatable bonds is 4. The molecule has 0 aliphatic rings. The summed E-state index contributed by atoms with van der Waals surface area (Å²) in [5.74, 6) is -0.740. The Hall–Kier alpha value is -1.56. The Kier molecular flexibility index (Phi) is 3.86. The van der Waals surface area contributed by atoms with E-state index in [0.29, 0.717) is 16.7 Å². The fourth-order valence-electron chi connectivity index (χ4n) is 1.64. The van der Waals surface area contributed by atoms with Crippen LogP contribution in [0.2, 0.25) is 0 Å². The van der Waals surface area contributed by atoms with E-state index < -0.39 is 5.82 Å². The minimum atomic E-state index is -0.456. The van der Waals surface area contributed by atoms with Gasteiger partial charge >= 0.3 is 0 Å². The number of aryl methyl sites for hydroxylation is 1. The van der Waals surface area contributed by atoms with E-state index in [1.165, 1.54) is 23.0 Å². The molecular weight excluding hydrogens is 301 g/mol. The minimum Gasteiger partial charge on any atom is -0.287 e. The maximum absolute atomic E-state index is 13.3. The van der Waals surface area contributed by atoms with Crippen molar-refractivity contribution in [1.29, 1.82) is 0 Å². The molecule has 2 aromatic rings. The zero-order valence-electron chi connectivity index (χ0n) is 9.73. The van der Waals surface area contributed by atoms with Gasteiger partial charge in [-0.15, -0.1) is 5.10 Å². The van der Waals surface area contributed by atoms with Gasteiger partial charge in [0.05, 0.1) is 6.20 Å². The molecule has 18 heavy (non-hydrogen) atoms. The normalized spacial score (nSPS) is 10.6. The second-order valence-electron chi connectivity index (χ2n) is 3.83. The van der Waals surface area contributed by atoms with Crippen molar-refractivity contribution in [1.82, 2.24) is 15.0 Å². The molecule has 0 unspecified atom stereocenters. The van der Waals surface area contributed by atoms with Crippen LogP contribution in [-0.2, 0) is 6.54 Å². The smallest absolute Gasteiger partial charge is 0.212 e. The number of carbonyl (C=O) groups is 1. The third-order valence-electron chi connectivity index (χ3n) is 2.41. The Morgan fingerprint density at radius 3 is 2.89 bits per heavy atom. The van der Waals surface area contributed by atoms with Gasteiger partial charge in [0, 0.05) is 16.6 Å². The van der Waals surface area contributed by atoms with E-state index in [0.717, 1.165) is 6.42 Å². The zero-order valence-corrected chi connectivity index (χ0v) is 11.3. The van der Waals surface area contributed by atoms with E-state index in [1.54, 1.807) is 6.07 Å². The molecule has 1 heterocycles. The summed E-state index contributed by atoms with van der Waals surface area (Å²) in [6, 6.07) is 4.09. The van der Waals surface area contributed by atoms with E-state index in [1.807, 2.05) is 6.92 Å². The Bertz CT molecular complexity index is 562. The van der Waals surface area contributed by atoms with E-state index in [2.05, 4.69) is 26.2 Å². The first-order valence-electron chi connectivity index (χ1n) is 5.51. The largest absolute Gasteiger partial charge is 0.287 e. The van der Waals surface area contributed by atoms with Gasteiger partial charge in [-0.2, -0.15) is 0 Å². The maximum atomic E-state index is 13.3. The molecule has 2 rings (SSSR count). The van der Waals surface area contributed by atoms with E-state index in [-0.39, 0.29) is 11.3 Å². The van der Waals surface area contributed by atoms with Crippen LogP contribution in [0.15, 0.2) is 28.9 Å². The Morgan fingerprint density at radius 2 is 2.22 bits per heavy atom. The SMILES string of the molecule is CCCn1nncc1C(=O)c1cc(F)cc(Br)c1. The lowest BCUT2D eigenvalue weighted by atomic mass is 10.1. The average Bonchev–Trinajstić information content (AvgIpc) is 2.75. The monoisotopic (exact) mass is 311 g/mol. The second-order valence-corrected chi connectivity index (χ2v) is 4.75. The first-order valence-corrected chi connectivity index (χ1v) is 6.30. The average molecular weight is 312 g/mol. The summed E-state index contributed by atoms with van der Waals surface area (Å²) < 4.78 is 15.3. The molecule has 0 amide bonds. The van der Waals surface area contributed by atoms with E-state index in [4.69, 9.17) is 0 Å². The molecule has 0 spiro atoms. The van der Waals surface area contributed by atoms with Gasteiger partial charge in [-0.3, -0.25) is 4.79 Å². The molecule has 1 aromatic carbocycles. The Balaban J connectivity index is 2.38. The molecular formula is C12H11BrFN3O. The molecule has 0 fully saturated rings. The summed E-state index contributed by atoms with van der Waals surface area (Å²) >= 11 is 3.16. The summed E-state index contributed by atoms with van der Waals surface area (Å²) in [5, 5.41) is 7.56. The van der Waals surface area contributed by atoms with Gasteiger partial charge in [0.15, 0.2) is 0 Å². The van der Waals surface area contributed by atoms with Crippen molar-refractivity contribution in [3.05, 3.63) is 45.9 Å².